The van der Waals surface area contributed by atoms with Gasteiger partial charge < -0.3 is 5.32 Å². The summed E-state index contributed by atoms with van der Waals surface area (Å²) in [5.41, 5.74) is 3.52. The van der Waals surface area contributed by atoms with Gasteiger partial charge in [0.2, 0.25) is 5.91 Å². The topological polar surface area (TPSA) is 52.9 Å². The van der Waals surface area contributed by atoms with Gasteiger partial charge in [0.1, 0.15) is 0 Å². The molecule has 0 fully saturated rings. The van der Waals surface area contributed by atoms with Gasteiger partial charge in [0.15, 0.2) is 0 Å². The SMILES string of the molecule is Cc1ccc(CNC(=O)CCC#N)c(C)c1. The summed E-state index contributed by atoms with van der Waals surface area (Å²) in [7, 11) is 0. The van der Waals surface area contributed by atoms with E-state index in [4.69, 9.17) is 5.26 Å². The predicted octanol–water partition coefficient (Wildman–Crippen LogP) is 2.22. The number of carbonyl (C=O) groups excluding carboxylic acids is 1. The van der Waals surface area contributed by atoms with Crippen molar-refractivity contribution in [3.8, 4) is 6.07 Å². The molecule has 0 saturated carbocycles. The van der Waals surface area contributed by atoms with Crippen LogP contribution in [0.2, 0.25) is 0 Å². The van der Waals surface area contributed by atoms with Crippen molar-refractivity contribution in [2.24, 2.45) is 0 Å². The predicted molar refractivity (Wildman–Crippen MR) is 62.6 cm³/mol. The number of nitriles is 1. The number of amides is 1. The number of hydrogen-bond donors (Lipinski definition) is 1. The zero-order valence-electron chi connectivity index (χ0n) is 9.71. The molecule has 0 saturated heterocycles. The van der Waals surface area contributed by atoms with Crippen LogP contribution in [0.25, 0.3) is 0 Å². The molecule has 0 aromatic heterocycles. The molecule has 0 spiro atoms. The van der Waals surface area contributed by atoms with E-state index in [2.05, 4.69) is 11.4 Å². The minimum Gasteiger partial charge on any atom is -0.352 e. The van der Waals surface area contributed by atoms with Gasteiger partial charge in [0.05, 0.1) is 6.07 Å². The maximum atomic E-state index is 11.3. The number of carbonyl (C=O) groups is 1. The third-order valence-electron chi connectivity index (χ3n) is 2.44. The van der Waals surface area contributed by atoms with Crippen molar-refractivity contribution >= 4 is 5.91 Å². The van der Waals surface area contributed by atoms with Crippen molar-refractivity contribution < 1.29 is 4.79 Å². The molecular weight excluding hydrogens is 200 g/mol. The molecule has 1 aromatic carbocycles. The van der Waals surface area contributed by atoms with E-state index in [-0.39, 0.29) is 18.7 Å². The molecule has 0 unspecified atom stereocenters. The van der Waals surface area contributed by atoms with Crippen molar-refractivity contribution in [3.05, 3.63) is 34.9 Å². The lowest BCUT2D eigenvalue weighted by Gasteiger charge is -2.08. The Morgan fingerprint density at radius 2 is 2.19 bits per heavy atom. The molecular formula is C13H16N2O. The molecule has 0 aliphatic heterocycles. The molecule has 1 rings (SSSR count). The first-order chi connectivity index (χ1) is 7.63. The molecule has 84 valence electrons. The minimum atomic E-state index is -0.0680. The van der Waals surface area contributed by atoms with Crippen LogP contribution in [0.1, 0.15) is 29.5 Å². The molecule has 3 nitrogen and oxygen atoms in total. The summed E-state index contributed by atoms with van der Waals surface area (Å²) in [6.07, 6.45) is 0.556. The Bertz CT molecular complexity index is 418. The monoisotopic (exact) mass is 216 g/mol. The van der Waals surface area contributed by atoms with Crippen LogP contribution in [-0.2, 0) is 11.3 Å². The summed E-state index contributed by atoms with van der Waals surface area (Å²) in [5, 5.41) is 11.1. The van der Waals surface area contributed by atoms with E-state index < -0.39 is 0 Å². The van der Waals surface area contributed by atoms with Gasteiger partial charge in [0, 0.05) is 19.4 Å². The summed E-state index contributed by atoms with van der Waals surface area (Å²) in [4.78, 5) is 11.3. The largest absolute Gasteiger partial charge is 0.352 e. The Kier molecular flexibility index (Phi) is 4.53. The Labute approximate surface area is 96.1 Å². The van der Waals surface area contributed by atoms with Crippen LogP contribution < -0.4 is 5.32 Å². The van der Waals surface area contributed by atoms with E-state index in [1.54, 1.807) is 0 Å². The highest BCUT2D eigenvalue weighted by molar-refractivity contribution is 5.76. The summed E-state index contributed by atoms with van der Waals surface area (Å²) >= 11 is 0. The van der Waals surface area contributed by atoms with Crippen LogP contribution in [0.5, 0.6) is 0 Å². The number of nitrogens with one attached hydrogen (secondary N) is 1. The number of rotatable bonds is 4. The summed E-state index contributed by atoms with van der Waals surface area (Å²) in [6.45, 7) is 4.61. The quantitative estimate of drug-likeness (QED) is 0.839. The van der Waals surface area contributed by atoms with Crippen molar-refractivity contribution in [2.45, 2.75) is 33.2 Å². The lowest BCUT2D eigenvalue weighted by molar-refractivity contribution is -0.121. The molecule has 0 atom stereocenters. The second-order valence-corrected chi connectivity index (χ2v) is 3.86. The van der Waals surface area contributed by atoms with Crippen LogP contribution in [0, 0.1) is 25.2 Å². The smallest absolute Gasteiger partial charge is 0.221 e. The third-order valence-corrected chi connectivity index (χ3v) is 2.44. The molecule has 0 heterocycles. The van der Waals surface area contributed by atoms with E-state index in [0.717, 1.165) is 5.56 Å². The van der Waals surface area contributed by atoms with Gasteiger partial charge in [-0.1, -0.05) is 23.8 Å². The van der Waals surface area contributed by atoms with Gasteiger partial charge in [-0.05, 0) is 25.0 Å². The second kappa shape index (κ2) is 5.92. The highest BCUT2D eigenvalue weighted by Gasteiger charge is 2.02. The van der Waals surface area contributed by atoms with Crippen molar-refractivity contribution in [2.75, 3.05) is 0 Å². The van der Waals surface area contributed by atoms with Crippen molar-refractivity contribution in [1.29, 1.82) is 5.26 Å². The molecule has 3 heteroatoms. The number of benzene rings is 1. The standard InChI is InChI=1S/C13H16N2O/c1-10-5-6-12(11(2)8-10)9-15-13(16)4-3-7-14/h5-6,8H,3-4,9H2,1-2H3,(H,15,16). The third kappa shape index (κ3) is 3.74. The molecule has 1 N–H and O–H groups in total. The highest BCUT2D eigenvalue weighted by atomic mass is 16.1. The first-order valence-electron chi connectivity index (χ1n) is 5.33. The van der Waals surface area contributed by atoms with E-state index in [0.29, 0.717) is 6.54 Å². The Morgan fingerprint density at radius 1 is 1.44 bits per heavy atom. The highest BCUT2D eigenvalue weighted by Crippen LogP contribution is 2.10. The number of hydrogen-bond acceptors (Lipinski definition) is 2. The zero-order valence-corrected chi connectivity index (χ0v) is 9.71. The summed E-state index contributed by atoms with van der Waals surface area (Å²) < 4.78 is 0. The van der Waals surface area contributed by atoms with Gasteiger partial charge in [-0.2, -0.15) is 5.26 Å². The fourth-order valence-corrected chi connectivity index (χ4v) is 1.50. The maximum Gasteiger partial charge on any atom is 0.221 e. The number of nitrogens with zero attached hydrogens (tertiary/aromatic N) is 1. The van der Waals surface area contributed by atoms with Crippen LogP contribution in [-0.4, -0.2) is 5.91 Å². The van der Waals surface area contributed by atoms with Gasteiger partial charge >= 0.3 is 0 Å². The van der Waals surface area contributed by atoms with Gasteiger partial charge in [-0.15, -0.1) is 0 Å². The normalized spacial score (nSPS) is 9.56. The van der Waals surface area contributed by atoms with Crippen LogP contribution in [0.4, 0.5) is 0 Å². The molecule has 0 aliphatic rings. The zero-order chi connectivity index (χ0) is 12.0. The minimum absolute atomic E-state index is 0.0680. The molecule has 0 radical (unpaired) electrons. The molecule has 1 aromatic rings. The van der Waals surface area contributed by atoms with E-state index in [1.165, 1.54) is 11.1 Å². The van der Waals surface area contributed by atoms with E-state index in [1.807, 2.05) is 32.0 Å². The van der Waals surface area contributed by atoms with Gasteiger partial charge in [-0.25, -0.2) is 0 Å². The average molecular weight is 216 g/mol. The van der Waals surface area contributed by atoms with E-state index >= 15 is 0 Å². The maximum absolute atomic E-state index is 11.3. The molecule has 1 amide bonds. The Balaban J connectivity index is 2.49. The van der Waals surface area contributed by atoms with Crippen LogP contribution in [0.3, 0.4) is 0 Å². The van der Waals surface area contributed by atoms with Crippen LogP contribution in [0.15, 0.2) is 18.2 Å². The summed E-state index contributed by atoms with van der Waals surface area (Å²) in [5.74, 6) is -0.0680. The molecule has 16 heavy (non-hydrogen) atoms. The number of aryl methyl sites for hydroxylation is 2. The van der Waals surface area contributed by atoms with Gasteiger partial charge in [0.25, 0.3) is 0 Å². The Hall–Kier alpha value is -1.82. The molecule has 0 bridgehead atoms. The molecule has 0 aliphatic carbocycles. The summed E-state index contributed by atoms with van der Waals surface area (Å²) in [6, 6.07) is 8.10. The van der Waals surface area contributed by atoms with Crippen LogP contribution >= 0.6 is 0 Å². The first kappa shape index (κ1) is 12.3. The second-order valence-electron chi connectivity index (χ2n) is 3.86. The fourth-order valence-electron chi connectivity index (χ4n) is 1.50. The van der Waals surface area contributed by atoms with E-state index in [9.17, 15) is 4.79 Å². The van der Waals surface area contributed by atoms with Gasteiger partial charge in [-0.3, -0.25) is 4.79 Å². The lowest BCUT2D eigenvalue weighted by Crippen LogP contribution is -2.22. The van der Waals surface area contributed by atoms with Crippen molar-refractivity contribution in [1.82, 2.24) is 5.32 Å². The first-order valence-corrected chi connectivity index (χ1v) is 5.33. The van der Waals surface area contributed by atoms with Crippen molar-refractivity contribution in [3.63, 3.8) is 0 Å². The fraction of sp³-hybridized carbons (Fsp3) is 0.385. The Morgan fingerprint density at radius 3 is 2.81 bits per heavy atom. The lowest BCUT2D eigenvalue weighted by atomic mass is 10.1. The average Bonchev–Trinajstić information content (AvgIpc) is 2.25.